The van der Waals surface area contributed by atoms with Gasteiger partial charge in [0.1, 0.15) is 0 Å². The van der Waals surface area contributed by atoms with Crippen LogP contribution in [0.2, 0.25) is 0 Å². The molecular weight excluding hydrogens is 395 g/mol. The van der Waals surface area contributed by atoms with Crippen LogP contribution in [0.1, 0.15) is 0 Å². The third kappa shape index (κ3) is 25.9. The summed E-state index contributed by atoms with van der Waals surface area (Å²) in [6.07, 6.45) is 0. The fourth-order valence-corrected chi connectivity index (χ4v) is 1.48. The van der Waals surface area contributed by atoms with Crippen LogP contribution in [0.25, 0.3) is 0 Å². The van der Waals surface area contributed by atoms with Crippen molar-refractivity contribution >= 4 is 35.2 Å². The Morgan fingerprint density at radius 2 is 0.880 bits per heavy atom. The standard InChI is InChI=1S/C10H16N2O8.K.H2O3S/c13-7(14)3-11(4-8(15)16)1-2-12(5-9(17)18)6-10(19)20;;1-4(2)3/h1-6H2,(H,13,14)(H,15,16)(H,17,18)(H,19,20);;(H2,1,2,3)/q;+1;/p-1. The van der Waals surface area contributed by atoms with E-state index in [2.05, 4.69) is 0 Å². The number of nitrogens with zero attached hydrogens (tertiary/aromatic N) is 2. The van der Waals surface area contributed by atoms with E-state index in [0.717, 1.165) is 9.80 Å². The molecule has 0 saturated heterocycles. The minimum atomic E-state index is -2.86. The molecule has 0 fully saturated rings. The van der Waals surface area contributed by atoms with E-state index in [1.54, 1.807) is 0 Å². The summed E-state index contributed by atoms with van der Waals surface area (Å²) in [5.74, 6) is -4.91. The van der Waals surface area contributed by atoms with Gasteiger partial charge in [-0.1, -0.05) is 0 Å². The number of hydrogen-bond donors (Lipinski definition) is 5. The van der Waals surface area contributed by atoms with E-state index in [-0.39, 0.29) is 64.5 Å². The zero-order valence-corrected chi connectivity index (χ0v) is 17.2. The summed E-state index contributed by atoms with van der Waals surface area (Å²) in [7, 11) is 0. The second kappa shape index (κ2) is 16.9. The molecule has 0 bridgehead atoms. The normalized spacial score (nSPS) is 11.0. The molecule has 0 aliphatic rings. The summed E-state index contributed by atoms with van der Waals surface area (Å²) in [6.45, 7) is -2.25. The SMILES string of the molecule is O=C(O)CN(CCN(CC(=O)O)CC(=O)O)CC(=O)O.O=S([O-])O.[K+]. The van der Waals surface area contributed by atoms with Gasteiger partial charge in [-0.15, -0.1) is 0 Å². The quantitative estimate of drug-likeness (QED) is 0.158. The monoisotopic (exact) mass is 412 g/mol. The number of carboxylic acids is 4. The van der Waals surface area contributed by atoms with E-state index in [1.165, 1.54) is 0 Å². The molecule has 13 nitrogen and oxygen atoms in total. The van der Waals surface area contributed by atoms with Gasteiger partial charge in [-0.3, -0.25) is 29.0 Å². The van der Waals surface area contributed by atoms with Gasteiger partial charge in [0.25, 0.3) is 0 Å². The van der Waals surface area contributed by atoms with Gasteiger partial charge in [0, 0.05) is 13.1 Å². The molecule has 0 saturated carbocycles. The van der Waals surface area contributed by atoms with E-state index in [1.807, 2.05) is 0 Å². The maximum Gasteiger partial charge on any atom is 1.00 e. The van der Waals surface area contributed by atoms with Crippen LogP contribution >= 0.6 is 0 Å². The Morgan fingerprint density at radius 3 is 1.00 bits per heavy atom. The summed E-state index contributed by atoms with van der Waals surface area (Å²) >= 11 is -2.86. The molecule has 15 heteroatoms. The average Bonchev–Trinajstić information content (AvgIpc) is 2.32. The third-order valence-corrected chi connectivity index (χ3v) is 2.17. The molecule has 0 aromatic rings. The summed E-state index contributed by atoms with van der Waals surface area (Å²) in [6, 6.07) is 0. The Morgan fingerprint density at radius 1 is 0.720 bits per heavy atom. The van der Waals surface area contributed by atoms with Crippen LogP contribution in [0, 0.1) is 0 Å². The van der Waals surface area contributed by atoms with E-state index in [0.29, 0.717) is 0 Å². The van der Waals surface area contributed by atoms with Crippen LogP contribution in [-0.4, -0.2) is 107 Å². The molecule has 0 aromatic carbocycles. The zero-order chi connectivity index (χ0) is 19.3. The molecule has 0 aliphatic carbocycles. The molecule has 0 rings (SSSR count). The van der Waals surface area contributed by atoms with Gasteiger partial charge in [0.2, 0.25) is 0 Å². The molecule has 0 amide bonds. The maximum atomic E-state index is 10.6. The van der Waals surface area contributed by atoms with Crippen molar-refractivity contribution in [2.45, 2.75) is 0 Å². The summed E-state index contributed by atoms with van der Waals surface area (Å²) in [5, 5.41) is 34.5. The van der Waals surface area contributed by atoms with Crippen LogP contribution in [-0.2, 0) is 30.5 Å². The van der Waals surface area contributed by atoms with Crippen LogP contribution in [0.3, 0.4) is 0 Å². The summed E-state index contributed by atoms with van der Waals surface area (Å²) in [4.78, 5) is 44.4. The number of aliphatic carboxylic acids is 4. The van der Waals surface area contributed by atoms with Crippen molar-refractivity contribution in [2.24, 2.45) is 0 Å². The van der Waals surface area contributed by atoms with Crippen molar-refractivity contribution in [1.82, 2.24) is 9.80 Å². The third-order valence-electron chi connectivity index (χ3n) is 2.17. The van der Waals surface area contributed by atoms with Crippen LogP contribution in [0.4, 0.5) is 0 Å². The van der Waals surface area contributed by atoms with Gasteiger partial charge >= 0.3 is 75.3 Å². The van der Waals surface area contributed by atoms with E-state index in [9.17, 15) is 19.2 Å². The molecule has 1 atom stereocenters. The van der Waals surface area contributed by atoms with Crippen molar-refractivity contribution in [3.63, 3.8) is 0 Å². The molecule has 0 radical (unpaired) electrons. The predicted octanol–water partition coefficient (Wildman–Crippen LogP) is -5.73. The molecule has 0 aromatic heterocycles. The minimum Gasteiger partial charge on any atom is -0.750 e. The fourth-order valence-electron chi connectivity index (χ4n) is 1.48. The second-order valence-corrected chi connectivity index (χ2v) is 4.65. The molecule has 140 valence electrons. The first-order chi connectivity index (χ1) is 10.9. The Balaban J connectivity index is -0.000000867. The summed E-state index contributed by atoms with van der Waals surface area (Å²) < 4.78 is 24.1. The van der Waals surface area contributed by atoms with Crippen molar-refractivity contribution in [3.05, 3.63) is 0 Å². The zero-order valence-electron chi connectivity index (χ0n) is 13.2. The fraction of sp³-hybridized carbons (Fsp3) is 0.600. The van der Waals surface area contributed by atoms with Crippen LogP contribution in [0.5, 0.6) is 0 Å². The Labute approximate surface area is 187 Å². The number of hydrogen-bond acceptors (Lipinski definition) is 8. The first-order valence-electron chi connectivity index (χ1n) is 6.04. The first kappa shape index (κ1) is 29.3. The van der Waals surface area contributed by atoms with Gasteiger partial charge in [-0.05, 0) is 0 Å². The Hall–Kier alpha value is -0.494. The van der Waals surface area contributed by atoms with Crippen molar-refractivity contribution in [2.75, 3.05) is 39.3 Å². The van der Waals surface area contributed by atoms with Gasteiger partial charge in [-0.25, -0.2) is 4.21 Å². The molecule has 0 aliphatic heterocycles. The van der Waals surface area contributed by atoms with Crippen LogP contribution < -0.4 is 51.4 Å². The Bertz CT molecular complexity index is 404. The van der Waals surface area contributed by atoms with Gasteiger partial charge < -0.3 is 29.5 Å². The number of carbonyl (C=O) groups is 4. The van der Waals surface area contributed by atoms with Gasteiger partial charge in [0.15, 0.2) is 0 Å². The maximum absolute atomic E-state index is 10.6. The Kier molecular flexibility index (Phi) is 19.8. The van der Waals surface area contributed by atoms with E-state index < -0.39 is 61.4 Å². The van der Waals surface area contributed by atoms with Gasteiger partial charge in [-0.2, -0.15) is 0 Å². The predicted molar refractivity (Wildman–Crippen MR) is 75.0 cm³/mol. The van der Waals surface area contributed by atoms with Crippen molar-refractivity contribution < 1.29 is 104 Å². The molecular formula is C10H17KN2O11S. The summed E-state index contributed by atoms with van der Waals surface area (Å²) in [5.41, 5.74) is 0. The topological polar surface area (TPSA) is 216 Å². The minimum absolute atomic E-state index is 0. The van der Waals surface area contributed by atoms with Crippen molar-refractivity contribution in [1.29, 1.82) is 0 Å². The molecule has 0 spiro atoms. The van der Waals surface area contributed by atoms with Gasteiger partial charge in [0.05, 0.1) is 37.5 Å². The molecule has 25 heavy (non-hydrogen) atoms. The van der Waals surface area contributed by atoms with Crippen LogP contribution in [0.15, 0.2) is 0 Å². The average molecular weight is 412 g/mol. The van der Waals surface area contributed by atoms with Crippen molar-refractivity contribution in [3.8, 4) is 0 Å². The molecule has 0 heterocycles. The first-order valence-corrected chi connectivity index (χ1v) is 7.07. The molecule has 5 N–H and O–H groups in total. The van der Waals surface area contributed by atoms with E-state index >= 15 is 0 Å². The smallest absolute Gasteiger partial charge is 0.750 e. The largest absolute Gasteiger partial charge is 1.00 e. The van der Waals surface area contributed by atoms with E-state index in [4.69, 9.17) is 33.7 Å². The molecule has 1 unspecified atom stereocenters. The second-order valence-electron chi connectivity index (χ2n) is 4.21. The number of rotatable bonds is 11. The number of carboxylic acid groups (broad SMARTS) is 4.